The first kappa shape index (κ1) is 32.8. The van der Waals surface area contributed by atoms with E-state index in [0.29, 0.717) is 57.9 Å². The van der Waals surface area contributed by atoms with E-state index in [0.717, 1.165) is 16.7 Å². The molecule has 0 aliphatic carbocycles. The van der Waals surface area contributed by atoms with E-state index < -0.39 is 47.2 Å². The third kappa shape index (κ3) is 8.94. The molecule has 2 aromatic rings. The zero-order chi connectivity index (χ0) is 31.4. The van der Waals surface area contributed by atoms with E-state index >= 15 is 0 Å². The molecular formula is C31H34F7N3O2. The van der Waals surface area contributed by atoms with Gasteiger partial charge in [0.2, 0.25) is 0 Å². The monoisotopic (exact) mass is 613 g/mol. The summed E-state index contributed by atoms with van der Waals surface area (Å²) in [6.45, 7) is 6.64. The van der Waals surface area contributed by atoms with Crippen molar-refractivity contribution in [2.45, 2.75) is 44.8 Å². The van der Waals surface area contributed by atoms with Crippen molar-refractivity contribution in [2.24, 2.45) is 0 Å². The van der Waals surface area contributed by atoms with Crippen molar-refractivity contribution in [1.82, 2.24) is 14.7 Å². The van der Waals surface area contributed by atoms with Crippen LogP contribution in [0.2, 0.25) is 0 Å². The lowest BCUT2D eigenvalue weighted by atomic mass is 9.97. The van der Waals surface area contributed by atoms with E-state index in [2.05, 4.69) is 11.8 Å². The minimum absolute atomic E-state index is 0.0202. The molecule has 2 aliphatic heterocycles. The predicted molar refractivity (Wildman–Crippen MR) is 147 cm³/mol. The van der Waals surface area contributed by atoms with Crippen LogP contribution in [0.15, 0.2) is 36.4 Å². The molecule has 2 saturated heterocycles. The lowest BCUT2D eigenvalue weighted by molar-refractivity contribution is -0.143. The van der Waals surface area contributed by atoms with Crippen LogP contribution in [-0.4, -0.2) is 91.8 Å². The van der Waals surface area contributed by atoms with Gasteiger partial charge in [0.1, 0.15) is 6.17 Å². The second-order valence-corrected chi connectivity index (χ2v) is 11.1. The van der Waals surface area contributed by atoms with Crippen molar-refractivity contribution in [3.8, 4) is 11.8 Å². The number of carbonyl (C=O) groups excluding carboxylic acids is 1. The van der Waals surface area contributed by atoms with Crippen LogP contribution in [0.1, 0.15) is 38.2 Å². The highest BCUT2D eigenvalue weighted by atomic mass is 19.4. The summed E-state index contributed by atoms with van der Waals surface area (Å²) in [5, 5.41) is 0. The maximum Gasteiger partial charge on any atom is 0.416 e. The van der Waals surface area contributed by atoms with Gasteiger partial charge in [-0.15, -0.1) is 0 Å². The topological polar surface area (TPSA) is 36.0 Å². The third-order valence-electron chi connectivity index (χ3n) is 7.74. The molecule has 2 aliphatic rings. The van der Waals surface area contributed by atoms with Crippen LogP contribution in [0.3, 0.4) is 0 Å². The summed E-state index contributed by atoms with van der Waals surface area (Å²) >= 11 is 0. The molecular weight excluding hydrogens is 579 g/mol. The number of rotatable bonds is 5. The molecule has 43 heavy (non-hydrogen) atoms. The normalized spacial score (nSPS) is 20.8. The second-order valence-electron chi connectivity index (χ2n) is 11.1. The van der Waals surface area contributed by atoms with Crippen molar-refractivity contribution in [3.05, 3.63) is 69.8 Å². The number of piperazine rings is 1. The van der Waals surface area contributed by atoms with E-state index in [4.69, 9.17) is 4.74 Å². The number of halogens is 7. The standard InChI is InChI=1S/C31H34F7N3O2/c1-21-5-6-23(13-22(21)2)14-28-19-39(7-3-4-8-40-11-12-43-20-27(32)18-40)9-10-41(28)29(42)24-15-25(30(33,34)35)17-26(16-24)31(36,37)38/h5-6,13,15-17,27-28H,7-12,14,18-20H2,1-2H3/t27?,28-/m1/s1. The van der Waals surface area contributed by atoms with Gasteiger partial charge in [0.05, 0.1) is 37.4 Å². The molecule has 0 bridgehead atoms. The van der Waals surface area contributed by atoms with Crippen LogP contribution < -0.4 is 0 Å². The maximum atomic E-state index is 13.8. The molecule has 0 radical (unpaired) electrons. The number of carbonyl (C=O) groups is 1. The fraction of sp³-hybridized carbons (Fsp3) is 0.516. The summed E-state index contributed by atoms with van der Waals surface area (Å²) < 4.78 is 99.9. The molecule has 2 fully saturated rings. The van der Waals surface area contributed by atoms with Crippen molar-refractivity contribution in [2.75, 3.05) is 59.0 Å². The Kier molecular flexibility index (Phi) is 10.4. The van der Waals surface area contributed by atoms with Crippen LogP contribution in [0.25, 0.3) is 0 Å². The Morgan fingerprint density at radius 2 is 1.49 bits per heavy atom. The number of nitrogens with zero attached hydrogens (tertiary/aromatic N) is 3. The fourth-order valence-electron chi connectivity index (χ4n) is 5.26. The molecule has 234 valence electrons. The molecule has 0 saturated carbocycles. The molecule has 2 aromatic carbocycles. The zero-order valence-corrected chi connectivity index (χ0v) is 24.0. The Bertz CT molecular complexity index is 1320. The second kappa shape index (κ2) is 13.7. The molecule has 1 amide bonds. The summed E-state index contributed by atoms with van der Waals surface area (Å²) in [5.74, 6) is 5.24. The molecule has 0 N–H and O–H groups in total. The van der Waals surface area contributed by atoms with Gasteiger partial charge in [-0.2, -0.15) is 26.3 Å². The number of hydrogen-bond acceptors (Lipinski definition) is 4. The first-order chi connectivity index (χ1) is 20.2. The van der Waals surface area contributed by atoms with Gasteiger partial charge in [-0.3, -0.25) is 14.6 Å². The fourth-order valence-corrected chi connectivity index (χ4v) is 5.26. The van der Waals surface area contributed by atoms with E-state index in [9.17, 15) is 35.5 Å². The summed E-state index contributed by atoms with van der Waals surface area (Å²) in [6.07, 6.45) is -10.8. The average Bonchev–Trinajstić information content (AvgIpc) is 3.15. The Morgan fingerprint density at radius 1 is 0.860 bits per heavy atom. The number of hydrogen-bond donors (Lipinski definition) is 0. The molecule has 12 heteroatoms. The highest BCUT2D eigenvalue weighted by molar-refractivity contribution is 5.95. The van der Waals surface area contributed by atoms with Crippen LogP contribution in [-0.2, 0) is 23.5 Å². The molecule has 1 unspecified atom stereocenters. The number of alkyl halides is 7. The Morgan fingerprint density at radius 3 is 2.09 bits per heavy atom. The third-order valence-corrected chi connectivity index (χ3v) is 7.74. The van der Waals surface area contributed by atoms with Gasteiger partial charge in [0, 0.05) is 44.3 Å². The van der Waals surface area contributed by atoms with Crippen LogP contribution in [0.5, 0.6) is 0 Å². The van der Waals surface area contributed by atoms with Crippen molar-refractivity contribution >= 4 is 5.91 Å². The Balaban J connectivity index is 1.55. The lowest BCUT2D eigenvalue weighted by Gasteiger charge is -2.41. The van der Waals surface area contributed by atoms with Gasteiger partial charge in [-0.05, 0) is 55.2 Å². The minimum atomic E-state index is -5.06. The van der Waals surface area contributed by atoms with Gasteiger partial charge in [0.25, 0.3) is 5.91 Å². The quantitative estimate of drug-likeness (QED) is 0.335. The highest BCUT2D eigenvalue weighted by Crippen LogP contribution is 2.37. The highest BCUT2D eigenvalue weighted by Gasteiger charge is 2.39. The summed E-state index contributed by atoms with van der Waals surface area (Å²) in [5.41, 5.74) is -0.733. The number of amides is 1. The summed E-state index contributed by atoms with van der Waals surface area (Å²) in [7, 11) is 0. The number of benzene rings is 2. The van der Waals surface area contributed by atoms with Gasteiger partial charge < -0.3 is 9.64 Å². The first-order valence-corrected chi connectivity index (χ1v) is 14.0. The van der Waals surface area contributed by atoms with E-state index in [1.807, 2.05) is 41.8 Å². The molecule has 0 aromatic heterocycles. The van der Waals surface area contributed by atoms with Crippen molar-refractivity contribution in [1.29, 1.82) is 0 Å². The van der Waals surface area contributed by atoms with Gasteiger partial charge in [-0.25, -0.2) is 4.39 Å². The van der Waals surface area contributed by atoms with E-state index in [1.54, 1.807) is 0 Å². The average molecular weight is 614 g/mol. The Hall–Kier alpha value is -3.14. The number of ether oxygens (including phenoxy) is 1. The smallest absolute Gasteiger partial charge is 0.377 e. The van der Waals surface area contributed by atoms with Gasteiger partial charge in [0.15, 0.2) is 0 Å². The SMILES string of the molecule is Cc1ccc(C[C@@H]2CN(CC#CCN3CCOCC(F)C3)CCN2C(=O)c2cc(C(F)(F)F)cc(C(F)(F)F)c2)cc1C. The zero-order valence-electron chi connectivity index (χ0n) is 24.0. The van der Waals surface area contributed by atoms with Crippen molar-refractivity contribution in [3.63, 3.8) is 0 Å². The van der Waals surface area contributed by atoms with Crippen LogP contribution >= 0.6 is 0 Å². The number of aryl methyl sites for hydroxylation is 2. The minimum Gasteiger partial charge on any atom is -0.377 e. The van der Waals surface area contributed by atoms with Crippen LogP contribution in [0, 0.1) is 25.7 Å². The summed E-state index contributed by atoms with van der Waals surface area (Å²) in [6, 6.07) is 6.26. The Labute approximate surface area is 246 Å². The largest absolute Gasteiger partial charge is 0.416 e. The van der Waals surface area contributed by atoms with E-state index in [1.165, 1.54) is 4.90 Å². The molecule has 2 heterocycles. The summed E-state index contributed by atoms with van der Waals surface area (Å²) in [4.78, 5) is 18.8. The maximum absolute atomic E-state index is 13.8. The molecule has 0 spiro atoms. The molecule has 5 nitrogen and oxygen atoms in total. The van der Waals surface area contributed by atoms with E-state index in [-0.39, 0.29) is 25.8 Å². The van der Waals surface area contributed by atoms with Gasteiger partial charge in [-0.1, -0.05) is 30.0 Å². The van der Waals surface area contributed by atoms with Crippen molar-refractivity contribution < 1.29 is 40.3 Å². The van der Waals surface area contributed by atoms with Crippen LogP contribution in [0.4, 0.5) is 30.7 Å². The van der Waals surface area contributed by atoms with Gasteiger partial charge >= 0.3 is 12.4 Å². The lowest BCUT2D eigenvalue weighted by Crippen LogP contribution is -2.56. The molecule has 4 rings (SSSR count). The molecule has 2 atom stereocenters. The predicted octanol–water partition coefficient (Wildman–Crippen LogP) is 5.38. The first-order valence-electron chi connectivity index (χ1n) is 14.0.